The van der Waals surface area contributed by atoms with E-state index in [9.17, 15) is 4.79 Å². The zero-order chi connectivity index (χ0) is 11.9. The number of nitrogens with zero attached hydrogens (tertiary/aromatic N) is 3. The molecule has 0 aliphatic heterocycles. The van der Waals surface area contributed by atoms with Gasteiger partial charge in [-0.2, -0.15) is 5.10 Å². The van der Waals surface area contributed by atoms with Crippen LogP contribution in [0, 0.1) is 0 Å². The topological polar surface area (TPSA) is 71.5 Å². The molecule has 3 rings (SSSR count). The molecular weight excluding hydrogens is 216 g/mol. The summed E-state index contributed by atoms with van der Waals surface area (Å²) in [6.45, 7) is 0. The van der Waals surface area contributed by atoms with Crippen LogP contribution in [0.4, 0.5) is 0 Å². The van der Waals surface area contributed by atoms with Crippen molar-refractivity contribution in [2.24, 2.45) is 0 Å². The van der Waals surface area contributed by atoms with Gasteiger partial charge in [-0.1, -0.05) is 18.2 Å². The van der Waals surface area contributed by atoms with Crippen molar-refractivity contribution in [2.75, 3.05) is 0 Å². The highest BCUT2D eigenvalue weighted by Crippen LogP contribution is 2.04. The molecule has 3 aromatic rings. The molecule has 2 heterocycles. The predicted molar refractivity (Wildman–Crippen MR) is 64.4 cm³/mol. The lowest BCUT2D eigenvalue weighted by Crippen LogP contribution is -2.06. The third kappa shape index (κ3) is 2.94. The Morgan fingerprint density at radius 2 is 1.76 bits per heavy atom. The van der Waals surface area contributed by atoms with Crippen molar-refractivity contribution in [2.45, 2.75) is 0 Å². The first-order valence-electron chi connectivity index (χ1n) is 5.00. The van der Waals surface area contributed by atoms with Crippen LogP contribution in [0.25, 0.3) is 10.8 Å². The SMILES string of the molecule is O=c1[nH]ncc2ccccc12.c1cncnc1. The summed E-state index contributed by atoms with van der Waals surface area (Å²) in [6.07, 6.45) is 6.51. The number of aromatic amines is 1. The third-order valence-corrected chi connectivity index (χ3v) is 2.05. The second-order valence-corrected chi connectivity index (χ2v) is 3.19. The quantitative estimate of drug-likeness (QED) is 0.629. The summed E-state index contributed by atoms with van der Waals surface area (Å²) in [7, 11) is 0. The van der Waals surface area contributed by atoms with Crippen LogP contribution in [0.5, 0.6) is 0 Å². The van der Waals surface area contributed by atoms with E-state index in [4.69, 9.17) is 0 Å². The molecule has 0 amide bonds. The molecule has 0 unspecified atom stereocenters. The van der Waals surface area contributed by atoms with Gasteiger partial charge >= 0.3 is 0 Å². The van der Waals surface area contributed by atoms with E-state index < -0.39 is 0 Å². The molecule has 0 saturated heterocycles. The molecule has 0 aliphatic carbocycles. The maximum absolute atomic E-state index is 11.1. The molecule has 0 radical (unpaired) electrons. The summed E-state index contributed by atoms with van der Waals surface area (Å²) < 4.78 is 0. The van der Waals surface area contributed by atoms with Gasteiger partial charge in [0, 0.05) is 23.2 Å². The van der Waals surface area contributed by atoms with Gasteiger partial charge in [0.25, 0.3) is 5.56 Å². The van der Waals surface area contributed by atoms with Gasteiger partial charge in [-0.15, -0.1) is 0 Å². The Morgan fingerprint density at radius 3 is 2.35 bits per heavy atom. The van der Waals surface area contributed by atoms with Gasteiger partial charge in [0.2, 0.25) is 0 Å². The van der Waals surface area contributed by atoms with Gasteiger partial charge < -0.3 is 0 Å². The molecule has 0 atom stereocenters. The van der Waals surface area contributed by atoms with Gasteiger partial charge in [-0.05, 0) is 12.1 Å². The van der Waals surface area contributed by atoms with E-state index in [-0.39, 0.29) is 5.56 Å². The van der Waals surface area contributed by atoms with Crippen LogP contribution < -0.4 is 5.56 Å². The second-order valence-electron chi connectivity index (χ2n) is 3.19. The summed E-state index contributed by atoms with van der Waals surface area (Å²) in [4.78, 5) is 18.4. The predicted octanol–water partition coefficient (Wildman–Crippen LogP) is 1.40. The van der Waals surface area contributed by atoms with Gasteiger partial charge in [0.05, 0.1) is 6.20 Å². The first kappa shape index (κ1) is 10.9. The Morgan fingerprint density at radius 1 is 1.00 bits per heavy atom. The second kappa shape index (κ2) is 5.50. The fraction of sp³-hybridized carbons (Fsp3) is 0. The van der Waals surface area contributed by atoms with Crippen LogP contribution in [-0.4, -0.2) is 20.2 Å². The van der Waals surface area contributed by atoms with Crippen LogP contribution in [0.15, 0.2) is 60.0 Å². The Balaban J connectivity index is 0.000000153. The number of rotatable bonds is 0. The first-order valence-corrected chi connectivity index (χ1v) is 5.00. The summed E-state index contributed by atoms with van der Waals surface area (Å²) in [5, 5.41) is 7.60. The molecule has 0 saturated carbocycles. The van der Waals surface area contributed by atoms with Crippen molar-refractivity contribution in [3.63, 3.8) is 0 Å². The summed E-state index contributed by atoms with van der Waals surface area (Å²) in [6, 6.07) is 9.12. The number of nitrogens with one attached hydrogen (secondary N) is 1. The van der Waals surface area contributed by atoms with Gasteiger partial charge in [0.15, 0.2) is 0 Å². The molecule has 1 aromatic carbocycles. The lowest BCUT2D eigenvalue weighted by Gasteiger charge is -1.91. The fourth-order valence-corrected chi connectivity index (χ4v) is 1.29. The minimum absolute atomic E-state index is 0.136. The van der Waals surface area contributed by atoms with Crippen LogP contribution in [0.1, 0.15) is 0 Å². The van der Waals surface area contributed by atoms with Crippen LogP contribution in [0.3, 0.4) is 0 Å². The van der Waals surface area contributed by atoms with Gasteiger partial charge in [0.1, 0.15) is 6.33 Å². The molecule has 0 bridgehead atoms. The highest BCUT2D eigenvalue weighted by atomic mass is 16.1. The normalized spacial score (nSPS) is 9.41. The molecule has 0 aliphatic rings. The zero-order valence-corrected chi connectivity index (χ0v) is 8.95. The average molecular weight is 226 g/mol. The van der Waals surface area contributed by atoms with E-state index in [1.165, 1.54) is 6.33 Å². The molecule has 1 N–H and O–H groups in total. The maximum atomic E-state index is 11.1. The van der Waals surface area contributed by atoms with Crippen LogP contribution in [-0.2, 0) is 0 Å². The Labute approximate surface area is 97.2 Å². The van der Waals surface area contributed by atoms with Crippen molar-refractivity contribution in [1.82, 2.24) is 20.2 Å². The number of aromatic nitrogens is 4. The highest BCUT2D eigenvalue weighted by molar-refractivity contribution is 5.80. The van der Waals surface area contributed by atoms with Crippen molar-refractivity contribution in [3.8, 4) is 0 Å². The lowest BCUT2D eigenvalue weighted by atomic mass is 10.2. The van der Waals surface area contributed by atoms with Crippen LogP contribution >= 0.6 is 0 Å². The minimum atomic E-state index is -0.136. The Bertz CT molecular complexity index is 604. The van der Waals surface area contributed by atoms with E-state index in [1.807, 2.05) is 18.2 Å². The summed E-state index contributed by atoms with van der Waals surface area (Å²) in [5.74, 6) is 0. The number of fused-ring (bicyclic) bond motifs is 1. The standard InChI is InChI=1S/C8H6N2O.C4H4N2/c11-8-7-4-2-1-3-6(7)5-9-10-8;1-2-5-4-6-3-1/h1-5H,(H,10,11);1-4H. The smallest absolute Gasteiger partial charge is 0.267 e. The van der Waals surface area contributed by atoms with Gasteiger partial charge in [-0.3, -0.25) is 4.79 Å². The highest BCUT2D eigenvalue weighted by Gasteiger charge is 1.93. The van der Waals surface area contributed by atoms with Crippen molar-refractivity contribution >= 4 is 10.8 Å². The van der Waals surface area contributed by atoms with E-state index in [2.05, 4.69) is 20.2 Å². The maximum Gasteiger partial charge on any atom is 0.272 e. The Kier molecular flexibility index (Phi) is 3.54. The molecule has 84 valence electrons. The molecule has 5 heteroatoms. The fourth-order valence-electron chi connectivity index (χ4n) is 1.29. The minimum Gasteiger partial charge on any atom is -0.267 e. The Hall–Kier alpha value is -2.56. The van der Waals surface area contributed by atoms with E-state index in [1.54, 1.807) is 30.7 Å². The average Bonchev–Trinajstić information content (AvgIpc) is 2.42. The first-order chi connectivity index (χ1) is 8.38. The number of hydrogen-bond acceptors (Lipinski definition) is 4. The number of benzene rings is 1. The van der Waals surface area contributed by atoms with E-state index >= 15 is 0 Å². The molecule has 2 aromatic heterocycles. The molecule has 17 heavy (non-hydrogen) atoms. The largest absolute Gasteiger partial charge is 0.272 e. The summed E-state index contributed by atoms with van der Waals surface area (Å²) in [5.41, 5.74) is -0.136. The number of H-pyrrole nitrogens is 1. The third-order valence-electron chi connectivity index (χ3n) is 2.05. The zero-order valence-electron chi connectivity index (χ0n) is 8.95. The monoisotopic (exact) mass is 226 g/mol. The van der Waals surface area contributed by atoms with Crippen molar-refractivity contribution in [1.29, 1.82) is 0 Å². The van der Waals surface area contributed by atoms with Gasteiger partial charge in [-0.25, -0.2) is 15.1 Å². The number of hydrogen-bond donors (Lipinski definition) is 1. The van der Waals surface area contributed by atoms with E-state index in [0.29, 0.717) is 5.39 Å². The van der Waals surface area contributed by atoms with E-state index in [0.717, 1.165) is 5.39 Å². The molecule has 5 nitrogen and oxygen atoms in total. The molecule has 0 spiro atoms. The lowest BCUT2D eigenvalue weighted by molar-refractivity contribution is 1.01. The molecular formula is C12H10N4O. The van der Waals surface area contributed by atoms with Crippen molar-refractivity contribution < 1.29 is 0 Å². The molecule has 0 fully saturated rings. The van der Waals surface area contributed by atoms with Crippen molar-refractivity contribution in [3.05, 3.63) is 65.6 Å². The van der Waals surface area contributed by atoms with Crippen LogP contribution in [0.2, 0.25) is 0 Å². The summed E-state index contributed by atoms with van der Waals surface area (Å²) >= 11 is 0.